The second-order valence-electron chi connectivity index (χ2n) is 7.57. The highest BCUT2D eigenvalue weighted by Gasteiger charge is 2.31. The molecule has 2 saturated heterocycles. The van der Waals surface area contributed by atoms with Crippen molar-refractivity contribution in [1.29, 1.82) is 5.26 Å². The van der Waals surface area contributed by atoms with Crippen molar-refractivity contribution in [2.24, 2.45) is 0 Å². The summed E-state index contributed by atoms with van der Waals surface area (Å²) in [5.74, 6) is 0.156. The molecule has 2 fully saturated rings. The highest BCUT2D eigenvalue weighted by Crippen LogP contribution is 2.25. The zero-order valence-electron chi connectivity index (χ0n) is 15.6. The number of nitrogens with zero attached hydrogens (tertiary/aromatic N) is 3. The van der Waals surface area contributed by atoms with Crippen LogP contribution in [0.2, 0.25) is 0 Å². The Balaban J connectivity index is 1.45. The van der Waals surface area contributed by atoms with Crippen LogP contribution < -0.4 is 0 Å². The minimum atomic E-state index is 0.156. The van der Waals surface area contributed by atoms with E-state index < -0.39 is 0 Å². The molecule has 4 rings (SSSR count). The van der Waals surface area contributed by atoms with E-state index in [-0.39, 0.29) is 5.91 Å². The molecule has 4 heteroatoms. The van der Waals surface area contributed by atoms with Gasteiger partial charge >= 0.3 is 0 Å². The molecule has 2 heterocycles. The lowest BCUT2D eigenvalue weighted by Crippen LogP contribution is -2.42. The summed E-state index contributed by atoms with van der Waals surface area (Å²) in [4.78, 5) is 17.6. The molecule has 0 spiro atoms. The SMILES string of the molecule is N#Cc1ccc(-c2ccc(C(=O)N3CCCC3CN3CCCC3)cc2)cc1. The average molecular weight is 359 g/mol. The van der Waals surface area contributed by atoms with E-state index in [9.17, 15) is 4.79 Å². The third kappa shape index (κ3) is 3.89. The van der Waals surface area contributed by atoms with Gasteiger partial charge in [0.05, 0.1) is 11.6 Å². The maximum atomic E-state index is 13.0. The largest absolute Gasteiger partial charge is 0.334 e. The standard InChI is InChI=1S/C23H25N3O/c24-16-18-5-7-19(8-6-18)20-9-11-21(12-10-20)23(27)26-15-3-4-22(26)17-25-13-1-2-14-25/h5-12,22H,1-4,13-15,17H2. The topological polar surface area (TPSA) is 47.3 Å². The van der Waals surface area contributed by atoms with E-state index in [4.69, 9.17) is 5.26 Å². The first kappa shape index (κ1) is 17.8. The molecule has 0 aromatic heterocycles. The van der Waals surface area contributed by atoms with Gasteiger partial charge in [0.25, 0.3) is 5.91 Å². The average Bonchev–Trinajstić information content (AvgIpc) is 3.40. The van der Waals surface area contributed by atoms with Crippen LogP contribution in [-0.2, 0) is 0 Å². The Bertz CT molecular complexity index is 829. The second kappa shape index (κ2) is 7.94. The summed E-state index contributed by atoms with van der Waals surface area (Å²) in [7, 11) is 0. The molecule has 1 atom stereocenters. The van der Waals surface area contributed by atoms with E-state index in [0.29, 0.717) is 11.6 Å². The Kier molecular flexibility index (Phi) is 5.22. The molecule has 1 unspecified atom stereocenters. The van der Waals surface area contributed by atoms with Crippen LogP contribution in [0.15, 0.2) is 48.5 Å². The van der Waals surface area contributed by atoms with Gasteiger partial charge in [0.2, 0.25) is 0 Å². The molecule has 2 aliphatic heterocycles. The normalized spacial score (nSPS) is 20.0. The van der Waals surface area contributed by atoms with E-state index in [2.05, 4.69) is 15.9 Å². The van der Waals surface area contributed by atoms with Crippen LogP contribution >= 0.6 is 0 Å². The predicted molar refractivity (Wildman–Crippen MR) is 106 cm³/mol. The van der Waals surface area contributed by atoms with E-state index in [1.165, 1.54) is 25.9 Å². The van der Waals surface area contributed by atoms with Crippen LogP contribution in [0.3, 0.4) is 0 Å². The lowest BCUT2D eigenvalue weighted by molar-refractivity contribution is 0.0709. The molecule has 0 radical (unpaired) electrons. The fourth-order valence-corrected chi connectivity index (χ4v) is 4.26. The Morgan fingerprint density at radius 3 is 2.19 bits per heavy atom. The van der Waals surface area contributed by atoms with Gasteiger partial charge in [-0.05, 0) is 74.2 Å². The van der Waals surface area contributed by atoms with Gasteiger partial charge in [-0.3, -0.25) is 4.79 Å². The lowest BCUT2D eigenvalue weighted by Gasteiger charge is -2.28. The van der Waals surface area contributed by atoms with E-state index >= 15 is 0 Å². The summed E-state index contributed by atoms with van der Waals surface area (Å²) in [5.41, 5.74) is 3.54. The van der Waals surface area contributed by atoms with Gasteiger partial charge in [0.15, 0.2) is 0 Å². The monoisotopic (exact) mass is 359 g/mol. The molecule has 27 heavy (non-hydrogen) atoms. The van der Waals surface area contributed by atoms with Crippen LogP contribution in [-0.4, -0.2) is 47.9 Å². The van der Waals surface area contributed by atoms with Crippen LogP contribution in [0.25, 0.3) is 11.1 Å². The van der Waals surface area contributed by atoms with Crippen molar-refractivity contribution in [3.8, 4) is 17.2 Å². The van der Waals surface area contributed by atoms with Crippen molar-refractivity contribution in [1.82, 2.24) is 9.80 Å². The molecule has 2 aliphatic rings. The summed E-state index contributed by atoms with van der Waals surface area (Å²) < 4.78 is 0. The third-order valence-corrected chi connectivity index (χ3v) is 5.78. The van der Waals surface area contributed by atoms with Crippen molar-refractivity contribution in [2.75, 3.05) is 26.2 Å². The van der Waals surface area contributed by atoms with E-state index in [1.54, 1.807) is 0 Å². The molecular weight excluding hydrogens is 334 g/mol. The van der Waals surface area contributed by atoms with Crippen molar-refractivity contribution >= 4 is 5.91 Å². The number of hydrogen-bond donors (Lipinski definition) is 0. The zero-order valence-corrected chi connectivity index (χ0v) is 15.6. The molecule has 0 saturated carbocycles. The number of benzene rings is 2. The Morgan fingerprint density at radius 1 is 0.926 bits per heavy atom. The molecule has 138 valence electrons. The molecule has 1 amide bonds. The van der Waals surface area contributed by atoms with Crippen LogP contribution in [0.5, 0.6) is 0 Å². The number of carbonyl (C=O) groups excluding carboxylic acids is 1. The molecule has 2 aromatic rings. The van der Waals surface area contributed by atoms with Crippen molar-refractivity contribution in [3.63, 3.8) is 0 Å². The molecule has 0 aliphatic carbocycles. The predicted octanol–water partition coefficient (Wildman–Crippen LogP) is 3.93. The number of rotatable bonds is 4. The first-order chi connectivity index (χ1) is 13.2. The van der Waals surface area contributed by atoms with Crippen LogP contribution in [0.4, 0.5) is 0 Å². The molecule has 0 N–H and O–H groups in total. The third-order valence-electron chi connectivity index (χ3n) is 5.78. The van der Waals surface area contributed by atoms with Gasteiger partial charge in [-0.25, -0.2) is 0 Å². The maximum Gasteiger partial charge on any atom is 0.254 e. The van der Waals surface area contributed by atoms with E-state index in [0.717, 1.165) is 42.6 Å². The molecular formula is C23H25N3O. The first-order valence-electron chi connectivity index (χ1n) is 9.88. The van der Waals surface area contributed by atoms with Gasteiger partial charge in [0.1, 0.15) is 0 Å². The maximum absolute atomic E-state index is 13.0. The summed E-state index contributed by atoms with van der Waals surface area (Å²) >= 11 is 0. The lowest BCUT2D eigenvalue weighted by atomic mass is 10.0. The summed E-state index contributed by atoms with van der Waals surface area (Å²) in [6.07, 6.45) is 4.80. The zero-order chi connectivity index (χ0) is 18.6. The Hall–Kier alpha value is -2.64. The number of amides is 1. The molecule has 0 bridgehead atoms. The second-order valence-corrected chi connectivity index (χ2v) is 7.57. The van der Waals surface area contributed by atoms with Crippen molar-refractivity contribution in [2.45, 2.75) is 31.7 Å². The number of hydrogen-bond acceptors (Lipinski definition) is 3. The summed E-state index contributed by atoms with van der Waals surface area (Å²) in [6, 6.07) is 17.9. The highest BCUT2D eigenvalue weighted by atomic mass is 16.2. The summed E-state index contributed by atoms with van der Waals surface area (Å²) in [6.45, 7) is 4.25. The van der Waals surface area contributed by atoms with Crippen LogP contribution in [0, 0.1) is 11.3 Å². The number of likely N-dealkylation sites (tertiary alicyclic amines) is 2. The van der Waals surface area contributed by atoms with Crippen molar-refractivity contribution < 1.29 is 4.79 Å². The summed E-state index contributed by atoms with van der Waals surface area (Å²) in [5, 5.41) is 8.92. The van der Waals surface area contributed by atoms with Crippen molar-refractivity contribution in [3.05, 3.63) is 59.7 Å². The Morgan fingerprint density at radius 2 is 1.56 bits per heavy atom. The first-order valence-corrected chi connectivity index (χ1v) is 9.88. The fraction of sp³-hybridized carbons (Fsp3) is 0.391. The number of nitriles is 1. The van der Waals surface area contributed by atoms with Gasteiger partial charge in [-0.2, -0.15) is 5.26 Å². The van der Waals surface area contributed by atoms with Gasteiger partial charge in [-0.1, -0.05) is 24.3 Å². The van der Waals surface area contributed by atoms with Gasteiger partial charge in [0, 0.05) is 24.7 Å². The molecule has 4 nitrogen and oxygen atoms in total. The van der Waals surface area contributed by atoms with E-state index in [1.807, 2.05) is 48.5 Å². The fourth-order valence-electron chi connectivity index (χ4n) is 4.26. The Labute approximate surface area is 161 Å². The van der Waals surface area contributed by atoms with Gasteiger partial charge < -0.3 is 9.80 Å². The van der Waals surface area contributed by atoms with Gasteiger partial charge in [-0.15, -0.1) is 0 Å². The molecule has 2 aromatic carbocycles. The quantitative estimate of drug-likeness (QED) is 0.831. The highest BCUT2D eigenvalue weighted by molar-refractivity contribution is 5.95. The minimum Gasteiger partial charge on any atom is -0.334 e. The van der Waals surface area contributed by atoms with Crippen LogP contribution in [0.1, 0.15) is 41.6 Å². The minimum absolute atomic E-state index is 0.156. The smallest absolute Gasteiger partial charge is 0.254 e. The number of carbonyl (C=O) groups is 1.